The minimum atomic E-state index is -0.564. The third-order valence-corrected chi connectivity index (χ3v) is 8.48. The average molecular weight is 545 g/mol. The fraction of sp³-hybridized carbons (Fsp3) is 0.379. The van der Waals surface area contributed by atoms with E-state index in [1.54, 1.807) is 12.1 Å². The zero-order chi connectivity index (χ0) is 25.4. The molecule has 2 atom stereocenters. The largest absolute Gasteiger partial charge is 0.459 e. The second kappa shape index (κ2) is 10.6. The van der Waals surface area contributed by atoms with E-state index < -0.39 is 5.92 Å². The third-order valence-electron chi connectivity index (χ3n) is 7.49. The molecule has 36 heavy (non-hydrogen) atoms. The minimum absolute atomic E-state index is 0.00948. The quantitative estimate of drug-likeness (QED) is 0.398. The number of Topliss-reactive ketones (excluding diaryl/α,β-unsaturated/α-hetero) is 1. The van der Waals surface area contributed by atoms with Crippen LogP contribution in [0.3, 0.4) is 0 Å². The molecule has 0 spiro atoms. The molecule has 0 bridgehead atoms. The molecule has 0 unspecified atom stereocenters. The van der Waals surface area contributed by atoms with Gasteiger partial charge in [0.2, 0.25) is 0 Å². The van der Waals surface area contributed by atoms with Gasteiger partial charge in [0.25, 0.3) is 0 Å². The highest BCUT2D eigenvalue weighted by atomic mass is 35.5. The Kier molecular flexibility index (Phi) is 7.48. The van der Waals surface area contributed by atoms with Crippen LogP contribution < -0.4 is 5.32 Å². The number of ether oxygens (including phenoxy) is 1. The first-order chi connectivity index (χ1) is 17.3. The van der Waals surface area contributed by atoms with E-state index in [0.717, 1.165) is 42.5 Å². The van der Waals surface area contributed by atoms with Crippen LogP contribution in [-0.2, 0) is 14.3 Å². The zero-order valence-corrected chi connectivity index (χ0v) is 22.3. The van der Waals surface area contributed by atoms with Crippen LogP contribution in [0, 0.1) is 0 Å². The smallest absolute Gasteiger partial charge is 0.337 e. The van der Waals surface area contributed by atoms with E-state index in [-0.39, 0.29) is 23.8 Å². The number of allylic oxidation sites excluding steroid dienone is 3. The summed E-state index contributed by atoms with van der Waals surface area (Å²) in [6, 6.07) is 13.0. The molecule has 3 aliphatic rings. The number of halogens is 3. The summed E-state index contributed by atoms with van der Waals surface area (Å²) in [4.78, 5) is 27.3. The number of hydrogen-bond donors (Lipinski definition) is 1. The predicted octanol–water partition coefficient (Wildman–Crippen LogP) is 7.88. The Labute approximate surface area is 226 Å². The van der Waals surface area contributed by atoms with Crippen LogP contribution in [0.15, 0.2) is 65.0 Å². The maximum absolute atomic E-state index is 13.7. The second-order valence-electron chi connectivity index (χ2n) is 9.91. The van der Waals surface area contributed by atoms with Crippen LogP contribution in [0.2, 0.25) is 15.1 Å². The van der Waals surface area contributed by atoms with E-state index in [1.807, 2.05) is 37.3 Å². The molecule has 0 radical (unpaired) electrons. The summed E-state index contributed by atoms with van der Waals surface area (Å²) in [6.07, 6.45) is 5.95. The van der Waals surface area contributed by atoms with Crippen molar-refractivity contribution >= 4 is 46.6 Å². The van der Waals surface area contributed by atoms with Crippen molar-refractivity contribution in [2.45, 2.75) is 69.8 Å². The first-order valence-corrected chi connectivity index (χ1v) is 13.6. The summed E-state index contributed by atoms with van der Waals surface area (Å²) in [6.45, 7) is 1.88. The van der Waals surface area contributed by atoms with Crippen molar-refractivity contribution in [3.63, 3.8) is 0 Å². The van der Waals surface area contributed by atoms with Gasteiger partial charge in [-0.3, -0.25) is 4.79 Å². The van der Waals surface area contributed by atoms with Gasteiger partial charge in [-0.15, -0.1) is 0 Å². The highest BCUT2D eigenvalue weighted by molar-refractivity contribution is 6.42. The van der Waals surface area contributed by atoms with Crippen LogP contribution in [0.25, 0.3) is 0 Å². The van der Waals surface area contributed by atoms with Crippen LogP contribution in [0.5, 0.6) is 0 Å². The van der Waals surface area contributed by atoms with Gasteiger partial charge in [0.15, 0.2) is 5.78 Å². The van der Waals surface area contributed by atoms with E-state index in [9.17, 15) is 9.59 Å². The molecule has 0 amide bonds. The minimum Gasteiger partial charge on any atom is -0.459 e. The van der Waals surface area contributed by atoms with Crippen LogP contribution in [0.1, 0.15) is 74.8 Å². The number of esters is 1. The molecule has 1 saturated carbocycles. The summed E-state index contributed by atoms with van der Waals surface area (Å²) < 4.78 is 5.98. The van der Waals surface area contributed by atoms with E-state index >= 15 is 0 Å². The lowest BCUT2D eigenvalue weighted by molar-refractivity contribution is -0.146. The van der Waals surface area contributed by atoms with Gasteiger partial charge in [0.1, 0.15) is 6.10 Å². The van der Waals surface area contributed by atoms with Crippen molar-refractivity contribution < 1.29 is 14.3 Å². The van der Waals surface area contributed by atoms with Crippen molar-refractivity contribution in [1.82, 2.24) is 5.32 Å². The number of hydrogen-bond acceptors (Lipinski definition) is 4. The predicted molar refractivity (Wildman–Crippen MR) is 143 cm³/mol. The van der Waals surface area contributed by atoms with Crippen LogP contribution >= 0.6 is 34.8 Å². The van der Waals surface area contributed by atoms with Gasteiger partial charge in [-0.25, -0.2) is 4.79 Å². The van der Waals surface area contributed by atoms with Crippen LogP contribution in [-0.4, -0.2) is 17.9 Å². The van der Waals surface area contributed by atoms with Crippen molar-refractivity contribution in [2.24, 2.45) is 0 Å². The SMILES string of the molecule is CC1=C(C(=O)OC2CCCCC2)[C@@H](c2ccc(Cl)c(Cl)c2)C2=C(C[C@H](c3ccc(Cl)cc3)CC2=O)N1. The average Bonchev–Trinajstić information content (AvgIpc) is 2.85. The van der Waals surface area contributed by atoms with Gasteiger partial charge >= 0.3 is 5.97 Å². The molecular weight excluding hydrogens is 517 g/mol. The molecular formula is C29H28Cl3NO3. The molecule has 4 nitrogen and oxygen atoms in total. The fourth-order valence-electron chi connectivity index (χ4n) is 5.70. The van der Waals surface area contributed by atoms with Gasteiger partial charge in [0, 0.05) is 34.3 Å². The number of carbonyl (C=O) groups is 2. The number of ketones is 1. The van der Waals surface area contributed by atoms with Gasteiger partial charge < -0.3 is 10.1 Å². The first-order valence-electron chi connectivity index (χ1n) is 12.5. The fourth-order valence-corrected chi connectivity index (χ4v) is 6.14. The molecule has 5 rings (SSSR count). The summed E-state index contributed by atoms with van der Waals surface area (Å²) >= 11 is 18.7. The van der Waals surface area contributed by atoms with Gasteiger partial charge in [-0.05, 0) is 80.3 Å². The Morgan fingerprint density at radius 3 is 2.31 bits per heavy atom. The summed E-state index contributed by atoms with van der Waals surface area (Å²) in [5, 5.41) is 4.88. The molecule has 0 aromatic heterocycles. The maximum Gasteiger partial charge on any atom is 0.337 e. The third kappa shape index (κ3) is 5.09. The summed E-state index contributed by atoms with van der Waals surface area (Å²) in [7, 11) is 0. The number of carbonyl (C=O) groups excluding carboxylic acids is 2. The molecule has 1 fully saturated rings. The molecule has 2 aromatic rings. The lowest BCUT2D eigenvalue weighted by atomic mass is 9.71. The standard InChI is InChI=1S/C29H28Cl3NO3/c1-16-26(29(35)36-21-5-3-2-4-6-21)27(18-9-12-22(31)23(32)13-18)28-24(33-16)14-19(15-25(28)34)17-7-10-20(30)11-8-17/h7-13,19,21,27,33H,2-6,14-15H2,1H3/t19-,27+/m0/s1. The summed E-state index contributed by atoms with van der Waals surface area (Å²) in [5.41, 5.74) is 4.45. The number of benzene rings is 2. The lowest BCUT2D eigenvalue weighted by Crippen LogP contribution is -2.37. The van der Waals surface area contributed by atoms with E-state index in [1.165, 1.54) is 6.42 Å². The van der Waals surface area contributed by atoms with Crippen molar-refractivity contribution in [3.05, 3.63) is 91.2 Å². The molecule has 7 heteroatoms. The number of dihydropyridines is 1. The van der Waals surface area contributed by atoms with Gasteiger partial charge in [0.05, 0.1) is 15.6 Å². The van der Waals surface area contributed by atoms with E-state index in [4.69, 9.17) is 39.5 Å². The number of nitrogens with one attached hydrogen (secondary N) is 1. The Balaban J connectivity index is 1.54. The molecule has 2 aliphatic carbocycles. The normalized spacial score (nSPS) is 22.8. The Bertz CT molecular complexity index is 1260. The van der Waals surface area contributed by atoms with Crippen molar-refractivity contribution in [3.8, 4) is 0 Å². The first kappa shape index (κ1) is 25.4. The zero-order valence-electron chi connectivity index (χ0n) is 20.1. The lowest BCUT2D eigenvalue weighted by Gasteiger charge is -2.37. The molecule has 188 valence electrons. The van der Waals surface area contributed by atoms with E-state index in [2.05, 4.69) is 5.32 Å². The molecule has 1 heterocycles. The van der Waals surface area contributed by atoms with Crippen molar-refractivity contribution in [2.75, 3.05) is 0 Å². The maximum atomic E-state index is 13.7. The monoisotopic (exact) mass is 543 g/mol. The highest BCUT2D eigenvalue weighted by Crippen LogP contribution is 2.46. The molecule has 0 saturated heterocycles. The number of rotatable bonds is 4. The topological polar surface area (TPSA) is 55.4 Å². The van der Waals surface area contributed by atoms with Gasteiger partial charge in [-0.2, -0.15) is 0 Å². The Morgan fingerprint density at radius 2 is 1.61 bits per heavy atom. The van der Waals surface area contributed by atoms with E-state index in [0.29, 0.717) is 44.8 Å². The molecule has 1 N–H and O–H groups in total. The Morgan fingerprint density at radius 1 is 0.917 bits per heavy atom. The Hall–Kier alpha value is -2.27. The summed E-state index contributed by atoms with van der Waals surface area (Å²) in [5.74, 6) is -0.901. The highest BCUT2D eigenvalue weighted by Gasteiger charge is 2.42. The van der Waals surface area contributed by atoms with Gasteiger partial charge in [-0.1, -0.05) is 59.4 Å². The second-order valence-corrected chi connectivity index (χ2v) is 11.2. The van der Waals surface area contributed by atoms with Crippen molar-refractivity contribution in [1.29, 1.82) is 0 Å². The molecule has 1 aliphatic heterocycles. The van der Waals surface area contributed by atoms with Crippen LogP contribution in [0.4, 0.5) is 0 Å². The molecule has 2 aromatic carbocycles.